The number of amides is 1. The van der Waals surface area contributed by atoms with Gasteiger partial charge in [0.2, 0.25) is 11.6 Å². The molecule has 0 unspecified atom stereocenters. The lowest BCUT2D eigenvalue weighted by Crippen LogP contribution is -2.54. The second kappa shape index (κ2) is 9.55. The zero-order chi connectivity index (χ0) is 25.1. The van der Waals surface area contributed by atoms with E-state index in [1.807, 2.05) is 11.4 Å². The van der Waals surface area contributed by atoms with Gasteiger partial charge in [-0.15, -0.1) is 0 Å². The van der Waals surface area contributed by atoms with Crippen molar-refractivity contribution in [3.05, 3.63) is 70.9 Å². The third kappa shape index (κ3) is 6.21. The molecule has 1 heterocycles. The molecule has 0 radical (unpaired) electrons. The van der Waals surface area contributed by atoms with Gasteiger partial charge in [0.25, 0.3) is 0 Å². The van der Waals surface area contributed by atoms with Crippen molar-refractivity contribution in [3.8, 4) is 6.07 Å². The normalized spacial score (nSPS) is 16.8. The lowest BCUT2D eigenvalue weighted by Gasteiger charge is -2.28. The Kier molecular flexibility index (Phi) is 7.13. The highest BCUT2D eigenvalue weighted by Gasteiger charge is 2.48. The predicted molar refractivity (Wildman–Crippen MR) is 111 cm³/mol. The number of alkyl halides is 3. The minimum Gasteiger partial charge on any atom is -0.618 e. The smallest absolute Gasteiger partial charge is 0.408 e. The van der Waals surface area contributed by atoms with Gasteiger partial charge < -0.3 is 10.5 Å². The second-order valence-electron chi connectivity index (χ2n) is 7.97. The number of rotatable bonds is 9. The number of hydrogen-bond donors (Lipinski definition) is 2. The Bertz CT molecular complexity index is 1210. The van der Waals surface area contributed by atoms with Crippen molar-refractivity contribution in [3.63, 3.8) is 0 Å². The number of nitrogens with one attached hydrogen (secondary N) is 2. The summed E-state index contributed by atoms with van der Waals surface area (Å²) in [5.74, 6) is -4.33. The number of carbonyl (C=O) groups excluding carboxylic acids is 1. The Balaban J connectivity index is 1.92. The maximum Gasteiger partial charge on any atom is 0.408 e. The molecule has 1 aliphatic rings. The van der Waals surface area contributed by atoms with Crippen LogP contribution in [0.3, 0.4) is 0 Å². The largest absolute Gasteiger partial charge is 0.618 e. The monoisotopic (exact) mass is 500 g/mol. The summed E-state index contributed by atoms with van der Waals surface area (Å²) in [5, 5.41) is 25.2. The number of aromatic nitrogens is 1. The summed E-state index contributed by atoms with van der Waals surface area (Å²) >= 11 is 0. The molecule has 13 heteroatoms. The maximum absolute atomic E-state index is 14.2. The van der Waals surface area contributed by atoms with E-state index in [4.69, 9.17) is 0 Å². The fourth-order valence-electron chi connectivity index (χ4n) is 3.30. The van der Waals surface area contributed by atoms with Gasteiger partial charge in [0.05, 0.1) is 11.8 Å². The molecule has 1 amide bonds. The summed E-state index contributed by atoms with van der Waals surface area (Å²) in [6.07, 6.45) is -3.53. The van der Waals surface area contributed by atoms with Crippen LogP contribution in [0.1, 0.15) is 30.1 Å². The van der Waals surface area contributed by atoms with Gasteiger partial charge in [-0.25, -0.2) is 12.8 Å². The first-order chi connectivity index (χ1) is 15.9. The molecule has 1 aromatic carbocycles. The lowest BCUT2D eigenvalue weighted by atomic mass is 10.0. The molecule has 0 bridgehead atoms. The van der Waals surface area contributed by atoms with Gasteiger partial charge in [-0.1, -0.05) is 18.2 Å². The van der Waals surface area contributed by atoms with Crippen molar-refractivity contribution in [2.75, 3.05) is 5.75 Å². The van der Waals surface area contributed by atoms with Crippen molar-refractivity contribution < 1.29 is 35.5 Å². The molecule has 2 aromatic rings. The highest BCUT2D eigenvalue weighted by atomic mass is 32.2. The van der Waals surface area contributed by atoms with Crippen LogP contribution in [0.5, 0.6) is 0 Å². The van der Waals surface area contributed by atoms with E-state index in [2.05, 4.69) is 5.32 Å². The molecule has 2 N–H and O–H groups in total. The topological polar surface area (TPSA) is 126 Å². The Labute approximate surface area is 192 Å². The lowest BCUT2D eigenvalue weighted by molar-refractivity contribution is -0.612. The van der Waals surface area contributed by atoms with Crippen LogP contribution in [-0.4, -0.2) is 37.8 Å². The third-order valence-electron chi connectivity index (χ3n) is 5.25. The van der Waals surface area contributed by atoms with Gasteiger partial charge in [0, 0.05) is 17.7 Å². The predicted octanol–water partition coefficient (Wildman–Crippen LogP) is 1.81. The zero-order valence-electron chi connectivity index (χ0n) is 17.5. The van der Waals surface area contributed by atoms with Crippen molar-refractivity contribution in [1.82, 2.24) is 10.6 Å². The van der Waals surface area contributed by atoms with E-state index in [-0.39, 0.29) is 23.3 Å². The number of halogens is 4. The van der Waals surface area contributed by atoms with Crippen LogP contribution in [0, 0.1) is 22.4 Å². The molecule has 1 aliphatic carbocycles. The van der Waals surface area contributed by atoms with E-state index in [0.29, 0.717) is 0 Å². The van der Waals surface area contributed by atoms with E-state index in [1.54, 1.807) is 0 Å². The number of benzene rings is 1. The molecule has 2 atom stereocenters. The molecule has 1 aromatic heterocycles. The number of hydrogen-bond acceptors (Lipinski definition) is 6. The fourth-order valence-corrected chi connectivity index (χ4v) is 4.84. The zero-order valence-corrected chi connectivity index (χ0v) is 18.4. The Morgan fingerprint density at radius 2 is 1.85 bits per heavy atom. The minimum absolute atomic E-state index is 0.196. The molecular formula is C21H20F4N4O4S. The average Bonchev–Trinajstić information content (AvgIpc) is 3.52. The fraction of sp³-hybridized carbons (Fsp3) is 0.381. The molecule has 1 saturated carbocycles. The van der Waals surface area contributed by atoms with Crippen molar-refractivity contribution in [2.24, 2.45) is 0 Å². The van der Waals surface area contributed by atoms with Crippen LogP contribution in [0.25, 0.3) is 0 Å². The first-order valence-electron chi connectivity index (χ1n) is 10.0. The van der Waals surface area contributed by atoms with Crippen LogP contribution in [0.15, 0.2) is 48.7 Å². The first kappa shape index (κ1) is 25.4. The first-order valence-corrected chi connectivity index (χ1v) is 11.9. The maximum atomic E-state index is 14.2. The highest BCUT2D eigenvalue weighted by Crippen LogP contribution is 2.36. The summed E-state index contributed by atoms with van der Waals surface area (Å²) < 4.78 is 81.5. The van der Waals surface area contributed by atoms with E-state index in [1.165, 1.54) is 30.3 Å². The van der Waals surface area contributed by atoms with Gasteiger partial charge >= 0.3 is 6.18 Å². The van der Waals surface area contributed by atoms with E-state index < -0.39 is 62.4 Å². The molecule has 3 rings (SSSR count). The number of carbonyl (C=O) groups is 1. The molecule has 34 heavy (non-hydrogen) atoms. The molecule has 0 aliphatic heterocycles. The van der Waals surface area contributed by atoms with Crippen LogP contribution >= 0.6 is 0 Å². The van der Waals surface area contributed by atoms with E-state index in [0.717, 1.165) is 18.3 Å². The molecule has 1 fully saturated rings. The summed E-state index contributed by atoms with van der Waals surface area (Å²) in [7, 11) is -4.31. The van der Waals surface area contributed by atoms with Gasteiger partial charge in [0.15, 0.2) is 16.0 Å². The van der Waals surface area contributed by atoms with Crippen LogP contribution in [0.4, 0.5) is 17.6 Å². The van der Waals surface area contributed by atoms with Crippen LogP contribution in [-0.2, 0) is 20.4 Å². The molecule has 8 nitrogen and oxygen atoms in total. The molecular weight excluding hydrogens is 480 g/mol. The Hall–Kier alpha value is -3.24. The van der Waals surface area contributed by atoms with Crippen molar-refractivity contribution in [2.45, 2.75) is 42.4 Å². The Morgan fingerprint density at radius 1 is 1.21 bits per heavy atom. The van der Waals surface area contributed by atoms with Crippen molar-refractivity contribution in [1.29, 1.82) is 5.26 Å². The summed E-state index contributed by atoms with van der Waals surface area (Å²) in [6.45, 7) is 0. The number of pyridine rings is 1. The average molecular weight is 500 g/mol. The quantitative estimate of drug-likeness (QED) is 0.307. The summed E-state index contributed by atoms with van der Waals surface area (Å²) in [4.78, 5) is 12.8. The van der Waals surface area contributed by atoms with E-state index in [9.17, 15) is 41.2 Å². The van der Waals surface area contributed by atoms with Gasteiger partial charge in [0.1, 0.15) is 29.2 Å². The third-order valence-corrected chi connectivity index (χ3v) is 6.82. The number of nitriles is 1. The summed E-state index contributed by atoms with van der Waals surface area (Å²) in [6, 6.07) is 5.14. The minimum atomic E-state index is -5.09. The standard InChI is InChI=1S/C21H20F4N4O4S/c22-16-7-2-1-6-15(16)18(21(23,24)25)27-17(19(30)28-20(13-26)8-9-20)12-34(32,33)11-14-5-3-4-10-29(14)31/h1-7,10,17-18,27H,8-9,11-12H2,(H,28,30)/t17-,18-/m0/s1. The SMILES string of the molecule is N#CC1(NC(=O)[C@H](CS(=O)(=O)Cc2cccc[n+]2[O-])N[C@@H](c2ccccc2F)C(F)(F)F)CC1. The summed E-state index contributed by atoms with van der Waals surface area (Å²) in [5.41, 5.74) is -2.31. The Morgan fingerprint density at radius 3 is 2.41 bits per heavy atom. The van der Waals surface area contributed by atoms with Gasteiger partial charge in [-0.2, -0.15) is 23.2 Å². The van der Waals surface area contributed by atoms with Gasteiger partial charge in [-0.05, 0) is 25.0 Å². The second-order valence-corrected chi connectivity index (χ2v) is 10.1. The van der Waals surface area contributed by atoms with E-state index >= 15 is 0 Å². The van der Waals surface area contributed by atoms with Crippen LogP contribution < -0.4 is 15.4 Å². The van der Waals surface area contributed by atoms with Crippen molar-refractivity contribution >= 4 is 15.7 Å². The number of sulfone groups is 1. The molecule has 0 saturated heterocycles. The van der Waals surface area contributed by atoms with Crippen LogP contribution in [0.2, 0.25) is 0 Å². The van der Waals surface area contributed by atoms with Gasteiger partial charge in [-0.3, -0.25) is 10.1 Å². The number of nitrogens with zero attached hydrogens (tertiary/aromatic N) is 2. The highest BCUT2D eigenvalue weighted by molar-refractivity contribution is 7.90. The molecule has 0 spiro atoms. The molecule has 182 valence electrons.